The van der Waals surface area contributed by atoms with Crippen LogP contribution in [0.4, 0.5) is 5.69 Å². The van der Waals surface area contributed by atoms with Gasteiger partial charge in [0.2, 0.25) is 10.0 Å². The Morgan fingerprint density at radius 2 is 1.71 bits per heavy atom. The first-order valence-electron chi connectivity index (χ1n) is 8.61. The number of aliphatic hydroxyl groups excluding tert-OH is 1. The Balaban J connectivity index is 1.91. The fraction of sp³-hybridized carbons (Fsp3) is 0.368. The van der Waals surface area contributed by atoms with Crippen molar-refractivity contribution < 1.29 is 28.1 Å². The van der Waals surface area contributed by atoms with Crippen LogP contribution in [0.1, 0.15) is 11.1 Å². The van der Waals surface area contributed by atoms with Crippen LogP contribution in [0.15, 0.2) is 36.4 Å². The number of benzene rings is 2. The summed E-state index contributed by atoms with van der Waals surface area (Å²) in [5, 5.41) is 23.2. The average molecular weight is 410 g/mol. The van der Waals surface area contributed by atoms with E-state index in [0.717, 1.165) is 11.8 Å². The number of phenolic OH excluding ortho intramolecular Hbond substituents is 1. The number of hydrogen-bond donors (Lipinski definition) is 4. The molecule has 2 aromatic carbocycles. The number of aliphatic hydroxyl groups is 1. The van der Waals surface area contributed by atoms with E-state index < -0.39 is 16.1 Å². The lowest BCUT2D eigenvalue weighted by Crippen LogP contribution is -2.28. The maximum absolute atomic E-state index is 11.4. The molecular weight excluding hydrogens is 384 g/mol. The Kier molecular flexibility index (Phi) is 7.50. The highest BCUT2D eigenvalue weighted by Gasteiger charge is 2.11. The van der Waals surface area contributed by atoms with Gasteiger partial charge in [-0.05, 0) is 41.8 Å². The number of phenols is 1. The van der Waals surface area contributed by atoms with E-state index in [-0.39, 0.29) is 11.4 Å². The third-order valence-corrected chi connectivity index (χ3v) is 4.58. The lowest BCUT2D eigenvalue weighted by molar-refractivity contribution is 0.171. The maximum Gasteiger partial charge on any atom is 0.229 e. The highest BCUT2D eigenvalue weighted by molar-refractivity contribution is 7.92. The minimum absolute atomic E-state index is 0.0884. The third-order valence-electron chi connectivity index (χ3n) is 3.98. The van der Waals surface area contributed by atoms with Crippen molar-refractivity contribution in [2.45, 2.75) is 19.1 Å². The van der Waals surface area contributed by atoms with Gasteiger partial charge in [0.25, 0.3) is 0 Å². The quantitative estimate of drug-likeness (QED) is 0.438. The number of rotatable bonds is 10. The van der Waals surface area contributed by atoms with Crippen molar-refractivity contribution in [3.05, 3.63) is 47.5 Å². The number of sulfonamides is 1. The van der Waals surface area contributed by atoms with E-state index >= 15 is 0 Å². The number of aromatic hydroxyl groups is 1. The monoisotopic (exact) mass is 410 g/mol. The number of ether oxygens (including phenoxy) is 2. The molecule has 2 aromatic rings. The van der Waals surface area contributed by atoms with Crippen LogP contribution in [0.5, 0.6) is 17.2 Å². The van der Waals surface area contributed by atoms with Gasteiger partial charge in [0.05, 0.1) is 32.3 Å². The van der Waals surface area contributed by atoms with Gasteiger partial charge in [-0.3, -0.25) is 4.72 Å². The van der Waals surface area contributed by atoms with Crippen molar-refractivity contribution in [1.29, 1.82) is 0 Å². The van der Waals surface area contributed by atoms with Crippen LogP contribution in [0.2, 0.25) is 0 Å². The van der Waals surface area contributed by atoms with Gasteiger partial charge in [-0.25, -0.2) is 8.42 Å². The van der Waals surface area contributed by atoms with Gasteiger partial charge in [-0.2, -0.15) is 0 Å². The van der Waals surface area contributed by atoms with Crippen LogP contribution in [0.3, 0.4) is 0 Å². The Hall–Kier alpha value is -2.49. The van der Waals surface area contributed by atoms with Gasteiger partial charge < -0.3 is 25.0 Å². The van der Waals surface area contributed by atoms with Crippen LogP contribution >= 0.6 is 0 Å². The molecule has 4 N–H and O–H groups in total. The molecule has 0 saturated heterocycles. The van der Waals surface area contributed by atoms with Crippen molar-refractivity contribution in [3.8, 4) is 17.2 Å². The van der Waals surface area contributed by atoms with E-state index in [9.17, 15) is 18.6 Å². The number of nitrogens with one attached hydrogen (secondary N) is 2. The first-order valence-corrected chi connectivity index (χ1v) is 10.5. The summed E-state index contributed by atoms with van der Waals surface area (Å²) >= 11 is 0. The Morgan fingerprint density at radius 3 is 2.36 bits per heavy atom. The molecule has 9 heteroatoms. The molecular formula is C19H26N2O6S. The second-order valence-electron chi connectivity index (χ2n) is 6.40. The van der Waals surface area contributed by atoms with Gasteiger partial charge >= 0.3 is 0 Å². The normalized spacial score (nSPS) is 12.4. The van der Waals surface area contributed by atoms with Gasteiger partial charge in [-0.15, -0.1) is 0 Å². The van der Waals surface area contributed by atoms with Crippen LogP contribution in [0, 0.1) is 0 Å². The van der Waals surface area contributed by atoms with Crippen molar-refractivity contribution in [2.75, 3.05) is 31.7 Å². The summed E-state index contributed by atoms with van der Waals surface area (Å²) in [6, 6.07) is 10.1. The van der Waals surface area contributed by atoms with E-state index in [4.69, 9.17) is 9.47 Å². The zero-order chi connectivity index (χ0) is 20.7. The van der Waals surface area contributed by atoms with Gasteiger partial charge in [-0.1, -0.05) is 12.1 Å². The number of hydrogen-bond acceptors (Lipinski definition) is 7. The molecule has 0 spiro atoms. The molecule has 0 bridgehead atoms. The van der Waals surface area contributed by atoms with E-state index in [1.54, 1.807) is 20.3 Å². The Labute approximate surface area is 165 Å². The smallest absolute Gasteiger partial charge is 0.229 e. The standard InChI is InChI=1S/C19H26N2O6S/c1-26-18-7-5-14(10-19(18)27-2)11-20-12-15(22)8-13-4-6-17(23)16(9-13)21-28(3,24)25/h4-7,9-10,15,20-23H,8,11-12H2,1-3H3/t15-/m0/s1. The Morgan fingerprint density at radius 1 is 1.04 bits per heavy atom. The fourth-order valence-corrected chi connectivity index (χ4v) is 3.27. The third kappa shape index (κ3) is 6.59. The van der Waals surface area contributed by atoms with Gasteiger partial charge in [0.1, 0.15) is 5.75 Å². The molecule has 0 aliphatic heterocycles. The largest absolute Gasteiger partial charge is 0.506 e. The SMILES string of the molecule is COc1ccc(CNC[C@@H](O)Cc2ccc(O)c(NS(C)(=O)=O)c2)cc1OC. The zero-order valence-corrected chi connectivity index (χ0v) is 16.9. The molecule has 2 rings (SSSR count). The summed E-state index contributed by atoms with van der Waals surface area (Å²) in [6.45, 7) is 0.873. The van der Waals surface area contributed by atoms with Gasteiger partial charge in [0, 0.05) is 13.1 Å². The first-order chi connectivity index (χ1) is 13.2. The molecule has 0 radical (unpaired) electrons. The predicted molar refractivity (Wildman–Crippen MR) is 108 cm³/mol. The molecule has 0 aliphatic carbocycles. The summed E-state index contributed by atoms with van der Waals surface area (Å²) in [5.41, 5.74) is 1.77. The van der Waals surface area contributed by atoms with Crippen molar-refractivity contribution in [1.82, 2.24) is 5.32 Å². The molecule has 154 valence electrons. The molecule has 8 nitrogen and oxygen atoms in total. The molecule has 28 heavy (non-hydrogen) atoms. The lowest BCUT2D eigenvalue weighted by atomic mass is 10.1. The van der Waals surface area contributed by atoms with Crippen molar-refractivity contribution in [2.24, 2.45) is 0 Å². The van der Waals surface area contributed by atoms with Gasteiger partial charge in [0.15, 0.2) is 11.5 Å². The fourth-order valence-electron chi connectivity index (χ4n) is 2.71. The predicted octanol–water partition coefficient (Wildman–Crippen LogP) is 1.47. The second kappa shape index (κ2) is 9.63. The molecule has 1 atom stereocenters. The molecule has 0 fully saturated rings. The minimum atomic E-state index is -3.50. The second-order valence-corrected chi connectivity index (χ2v) is 8.15. The lowest BCUT2D eigenvalue weighted by Gasteiger charge is -2.14. The molecule has 0 heterocycles. The Bertz CT molecular complexity index is 901. The van der Waals surface area contributed by atoms with Crippen LogP contribution in [0.25, 0.3) is 0 Å². The van der Waals surface area contributed by atoms with E-state index in [2.05, 4.69) is 10.0 Å². The van der Waals surface area contributed by atoms with E-state index in [0.29, 0.717) is 36.6 Å². The molecule has 0 aliphatic rings. The number of anilines is 1. The molecule has 0 saturated carbocycles. The van der Waals surface area contributed by atoms with Crippen LogP contribution in [-0.4, -0.2) is 51.8 Å². The summed E-state index contributed by atoms with van der Waals surface area (Å²) in [5.74, 6) is 1.12. The summed E-state index contributed by atoms with van der Waals surface area (Å²) in [7, 11) is -0.356. The highest BCUT2D eigenvalue weighted by Crippen LogP contribution is 2.27. The summed E-state index contributed by atoms with van der Waals surface area (Å²) in [4.78, 5) is 0. The minimum Gasteiger partial charge on any atom is -0.506 e. The average Bonchev–Trinajstić information content (AvgIpc) is 2.63. The van der Waals surface area contributed by atoms with Crippen LogP contribution < -0.4 is 19.5 Å². The first kappa shape index (κ1) is 21.8. The summed E-state index contributed by atoms with van der Waals surface area (Å²) < 4.78 is 35.4. The molecule has 0 aromatic heterocycles. The van der Waals surface area contributed by atoms with E-state index in [1.807, 2.05) is 18.2 Å². The van der Waals surface area contributed by atoms with E-state index in [1.165, 1.54) is 12.1 Å². The van der Waals surface area contributed by atoms with Crippen molar-refractivity contribution >= 4 is 15.7 Å². The van der Waals surface area contributed by atoms with Crippen LogP contribution in [-0.2, 0) is 23.0 Å². The highest BCUT2D eigenvalue weighted by atomic mass is 32.2. The topological polar surface area (TPSA) is 117 Å². The van der Waals surface area contributed by atoms with Crippen molar-refractivity contribution in [3.63, 3.8) is 0 Å². The number of methoxy groups -OCH3 is 2. The molecule has 0 unspecified atom stereocenters. The maximum atomic E-state index is 11.4. The molecule has 0 amide bonds. The zero-order valence-electron chi connectivity index (χ0n) is 16.1. The summed E-state index contributed by atoms with van der Waals surface area (Å²) in [6.07, 6.45) is 0.625.